The van der Waals surface area contributed by atoms with E-state index < -0.39 is 0 Å². The lowest BCUT2D eigenvalue weighted by molar-refractivity contribution is 0.616. The molecule has 1 aromatic heterocycles. The number of anilines is 1. The van der Waals surface area contributed by atoms with E-state index in [1.165, 1.54) is 11.8 Å². The second-order valence-corrected chi connectivity index (χ2v) is 4.48. The average Bonchev–Trinajstić information content (AvgIpc) is 2.87. The monoisotopic (exact) mass is 228 g/mol. The topological polar surface area (TPSA) is 41.0 Å². The second-order valence-electron chi connectivity index (χ2n) is 4.48. The maximum Gasteiger partial charge on any atom is 0.159 e. The summed E-state index contributed by atoms with van der Waals surface area (Å²) in [4.78, 5) is 2.32. The molecule has 2 aromatic rings. The molecular formula is C13H16N4. The van der Waals surface area contributed by atoms with Crippen molar-refractivity contribution in [1.29, 1.82) is 0 Å². The molecule has 0 saturated carbocycles. The molecule has 1 atom stereocenters. The zero-order valence-electron chi connectivity index (χ0n) is 9.93. The third kappa shape index (κ3) is 1.85. The third-order valence-electron chi connectivity index (χ3n) is 3.45. The fraction of sp³-hybridized carbons (Fsp3) is 0.385. The minimum Gasteiger partial charge on any atom is -0.353 e. The van der Waals surface area contributed by atoms with Crippen molar-refractivity contribution in [3.63, 3.8) is 0 Å². The van der Waals surface area contributed by atoms with Gasteiger partial charge in [0.15, 0.2) is 5.82 Å². The molecule has 0 aliphatic carbocycles. The number of rotatable bonds is 2. The van der Waals surface area contributed by atoms with E-state index in [0.717, 1.165) is 24.3 Å². The molecular weight excluding hydrogens is 212 g/mol. The van der Waals surface area contributed by atoms with E-state index in [0.29, 0.717) is 6.04 Å². The van der Waals surface area contributed by atoms with Crippen LogP contribution < -0.4 is 10.2 Å². The van der Waals surface area contributed by atoms with Crippen LogP contribution in [-0.2, 0) is 0 Å². The van der Waals surface area contributed by atoms with Crippen molar-refractivity contribution in [1.82, 2.24) is 15.5 Å². The van der Waals surface area contributed by atoms with Crippen LogP contribution in [0.2, 0.25) is 0 Å². The van der Waals surface area contributed by atoms with Gasteiger partial charge in [0.25, 0.3) is 0 Å². The molecule has 2 heterocycles. The van der Waals surface area contributed by atoms with Gasteiger partial charge >= 0.3 is 0 Å². The van der Waals surface area contributed by atoms with Crippen LogP contribution in [0.25, 0.3) is 10.8 Å². The first-order valence-corrected chi connectivity index (χ1v) is 6.01. The summed E-state index contributed by atoms with van der Waals surface area (Å²) in [7, 11) is 2.02. The molecule has 1 aromatic carbocycles. The molecule has 1 fully saturated rings. The number of hydrogen-bond acceptors (Lipinski definition) is 4. The van der Waals surface area contributed by atoms with E-state index in [1.54, 1.807) is 0 Å². The summed E-state index contributed by atoms with van der Waals surface area (Å²) in [5, 5.41) is 14.1. The lowest BCUT2D eigenvalue weighted by Gasteiger charge is -2.18. The summed E-state index contributed by atoms with van der Waals surface area (Å²) in [6, 6.07) is 8.86. The molecule has 4 nitrogen and oxygen atoms in total. The van der Waals surface area contributed by atoms with Crippen molar-refractivity contribution in [3.05, 3.63) is 30.5 Å². The average molecular weight is 228 g/mol. The fourth-order valence-corrected chi connectivity index (χ4v) is 2.43. The standard InChI is InChI=1S/C13H16N4/c1-14-11-6-7-17(9-11)13-12-5-3-2-4-10(12)8-15-16-13/h2-5,8,11,14H,6-7,9H2,1H3. The van der Waals surface area contributed by atoms with Crippen molar-refractivity contribution in [2.24, 2.45) is 0 Å². The normalized spacial score (nSPS) is 20.1. The predicted molar refractivity (Wildman–Crippen MR) is 69.2 cm³/mol. The molecule has 88 valence electrons. The number of nitrogens with one attached hydrogen (secondary N) is 1. The Labute approximate surface area is 101 Å². The lowest BCUT2D eigenvalue weighted by Crippen LogP contribution is -2.30. The molecule has 1 saturated heterocycles. The Bertz CT molecular complexity index is 520. The molecule has 1 aliphatic rings. The summed E-state index contributed by atoms with van der Waals surface area (Å²) in [5.74, 6) is 1.01. The quantitative estimate of drug-likeness (QED) is 0.844. The van der Waals surface area contributed by atoms with Crippen LogP contribution in [0.4, 0.5) is 5.82 Å². The second kappa shape index (κ2) is 4.30. The van der Waals surface area contributed by atoms with Crippen molar-refractivity contribution in [2.45, 2.75) is 12.5 Å². The SMILES string of the molecule is CNC1CCN(c2nncc3ccccc23)C1. The first-order chi connectivity index (χ1) is 8.38. The van der Waals surface area contributed by atoms with E-state index in [4.69, 9.17) is 0 Å². The highest BCUT2D eigenvalue weighted by Gasteiger charge is 2.23. The van der Waals surface area contributed by atoms with Gasteiger partial charge in [0.2, 0.25) is 0 Å². The Morgan fingerprint density at radius 3 is 3.06 bits per heavy atom. The van der Waals surface area contributed by atoms with Crippen molar-refractivity contribution < 1.29 is 0 Å². The summed E-state index contributed by atoms with van der Waals surface area (Å²) in [6.45, 7) is 2.06. The maximum absolute atomic E-state index is 4.31. The van der Waals surface area contributed by atoms with Gasteiger partial charge in [-0.3, -0.25) is 0 Å². The van der Waals surface area contributed by atoms with E-state index in [9.17, 15) is 0 Å². The summed E-state index contributed by atoms with van der Waals surface area (Å²) >= 11 is 0. The van der Waals surface area contributed by atoms with E-state index in [2.05, 4.69) is 38.6 Å². The van der Waals surface area contributed by atoms with Gasteiger partial charge in [0.1, 0.15) is 0 Å². The molecule has 0 bridgehead atoms. The molecule has 4 heteroatoms. The molecule has 0 radical (unpaired) electrons. The number of aromatic nitrogens is 2. The molecule has 17 heavy (non-hydrogen) atoms. The highest BCUT2D eigenvalue weighted by atomic mass is 15.3. The fourth-order valence-electron chi connectivity index (χ4n) is 2.43. The van der Waals surface area contributed by atoms with Crippen LogP contribution in [0.1, 0.15) is 6.42 Å². The first kappa shape index (κ1) is 10.5. The van der Waals surface area contributed by atoms with Gasteiger partial charge < -0.3 is 10.2 Å². The Morgan fingerprint density at radius 1 is 1.35 bits per heavy atom. The Hall–Kier alpha value is -1.68. The molecule has 1 unspecified atom stereocenters. The summed E-state index contributed by atoms with van der Waals surface area (Å²) < 4.78 is 0. The third-order valence-corrected chi connectivity index (χ3v) is 3.45. The highest BCUT2D eigenvalue weighted by molar-refractivity contribution is 5.91. The first-order valence-electron chi connectivity index (χ1n) is 6.01. The van der Waals surface area contributed by atoms with E-state index in [-0.39, 0.29) is 0 Å². The summed E-state index contributed by atoms with van der Waals surface area (Å²) in [6.07, 6.45) is 2.99. The van der Waals surface area contributed by atoms with Gasteiger partial charge in [-0.25, -0.2) is 0 Å². The van der Waals surface area contributed by atoms with Crippen LogP contribution in [0, 0.1) is 0 Å². The zero-order chi connectivity index (χ0) is 11.7. The van der Waals surface area contributed by atoms with Crippen LogP contribution in [0.15, 0.2) is 30.5 Å². The van der Waals surface area contributed by atoms with Crippen LogP contribution in [0.5, 0.6) is 0 Å². The van der Waals surface area contributed by atoms with Crippen LogP contribution in [0.3, 0.4) is 0 Å². The Morgan fingerprint density at radius 2 is 2.24 bits per heavy atom. The van der Waals surface area contributed by atoms with Crippen LogP contribution >= 0.6 is 0 Å². The lowest BCUT2D eigenvalue weighted by atomic mass is 10.2. The largest absolute Gasteiger partial charge is 0.353 e. The molecule has 3 rings (SSSR count). The Kier molecular flexibility index (Phi) is 2.65. The van der Waals surface area contributed by atoms with Gasteiger partial charge in [-0.15, -0.1) is 5.10 Å². The van der Waals surface area contributed by atoms with Gasteiger partial charge in [-0.1, -0.05) is 24.3 Å². The van der Waals surface area contributed by atoms with Crippen molar-refractivity contribution >= 4 is 16.6 Å². The van der Waals surface area contributed by atoms with Gasteiger partial charge in [0.05, 0.1) is 6.20 Å². The van der Waals surface area contributed by atoms with Gasteiger partial charge in [-0.2, -0.15) is 5.10 Å². The van der Waals surface area contributed by atoms with Crippen molar-refractivity contribution in [3.8, 4) is 0 Å². The molecule has 0 amide bonds. The van der Waals surface area contributed by atoms with E-state index >= 15 is 0 Å². The Balaban J connectivity index is 2.00. The maximum atomic E-state index is 4.31. The minimum atomic E-state index is 0.566. The zero-order valence-corrected chi connectivity index (χ0v) is 9.93. The van der Waals surface area contributed by atoms with Gasteiger partial charge in [-0.05, 0) is 13.5 Å². The van der Waals surface area contributed by atoms with E-state index in [1.807, 2.05) is 19.3 Å². The van der Waals surface area contributed by atoms with Crippen LogP contribution in [-0.4, -0.2) is 36.4 Å². The number of nitrogens with zero attached hydrogens (tertiary/aromatic N) is 3. The predicted octanol–water partition coefficient (Wildman–Crippen LogP) is 1.43. The van der Waals surface area contributed by atoms with Gasteiger partial charge in [0, 0.05) is 29.9 Å². The molecule has 1 aliphatic heterocycles. The smallest absolute Gasteiger partial charge is 0.159 e. The van der Waals surface area contributed by atoms with Crippen molar-refractivity contribution in [2.75, 3.05) is 25.0 Å². The number of hydrogen-bond donors (Lipinski definition) is 1. The number of benzene rings is 1. The summed E-state index contributed by atoms with van der Waals surface area (Å²) in [5.41, 5.74) is 0. The number of likely N-dealkylation sites (N-methyl/N-ethyl adjacent to an activating group) is 1. The highest BCUT2D eigenvalue weighted by Crippen LogP contribution is 2.25. The molecule has 0 spiro atoms. The number of fused-ring (bicyclic) bond motifs is 1. The molecule has 1 N–H and O–H groups in total. The minimum absolute atomic E-state index is 0.566.